The minimum Gasteiger partial charge on any atom is -0.395 e. The summed E-state index contributed by atoms with van der Waals surface area (Å²) in [4.78, 5) is 0.948. The van der Waals surface area contributed by atoms with Gasteiger partial charge in [-0.25, -0.2) is 21.6 Å². The first-order valence-corrected chi connectivity index (χ1v) is 13.6. The third-order valence-corrected chi connectivity index (χ3v) is 8.92. The summed E-state index contributed by atoms with van der Waals surface area (Å²) in [5, 5.41) is 10.6. The lowest BCUT2D eigenvalue weighted by atomic mass is 10.1. The van der Waals surface area contributed by atoms with Crippen molar-refractivity contribution in [3.05, 3.63) is 90.1 Å². The number of benzene rings is 3. The first-order valence-electron chi connectivity index (χ1n) is 10.6. The van der Waals surface area contributed by atoms with Crippen LogP contribution in [0.3, 0.4) is 0 Å². The van der Waals surface area contributed by atoms with Crippen LogP contribution in [0.25, 0.3) is 10.9 Å². The summed E-state index contributed by atoms with van der Waals surface area (Å²) in [5.74, 6) is 0. The number of aromatic amines is 1. The van der Waals surface area contributed by atoms with Gasteiger partial charge in [0.25, 0.3) is 0 Å². The van der Waals surface area contributed by atoms with Crippen molar-refractivity contribution in [3.63, 3.8) is 0 Å². The molecule has 190 valence electrons. The fourth-order valence-corrected chi connectivity index (χ4v) is 6.72. The molecule has 0 aliphatic rings. The highest BCUT2D eigenvalue weighted by Gasteiger charge is 2.39. The monoisotopic (exact) mass is 538 g/mol. The molecular weight excluding hydrogens is 517 g/mol. The van der Waals surface area contributed by atoms with Crippen molar-refractivity contribution in [1.82, 2.24) is 9.71 Å². The summed E-state index contributed by atoms with van der Waals surface area (Å²) < 4.78 is 95.5. The van der Waals surface area contributed by atoms with E-state index in [1.165, 1.54) is 24.3 Å². The number of fused-ring (bicyclic) bond motifs is 1. The maximum atomic E-state index is 13.7. The van der Waals surface area contributed by atoms with Crippen molar-refractivity contribution in [2.45, 2.75) is 33.3 Å². The van der Waals surface area contributed by atoms with Gasteiger partial charge in [0.1, 0.15) is 0 Å². The molecule has 0 aliphatic heterocycles. The quantitative estimate of drug-likeness (QED) is 0.315. The number of nitrogens with one attached hydrogen (secondary N) is 2. The van der Waals surface area contributed by atoms with Crippen LogP contribution in [0.4, 0.5) is 13.2 Å². The molecular formula is C24H21F3N2O5S2. The molecule has 4 rings (SSSR count). The van der Waals surface area contributed by atoms with E-state index in [0.29, 0.717) is 17.7 Å². The van der Waals surface area contributed by atoms with E-state index in [1.54, 1.807) is 36.5 Å². The van der Waals surface area contributed by atoms with E-state index in [4.69, 9.17) is 0 Å². The minimum absolute atomic E-state index is 0.0247. The number of sulfonamides is 1. The average molecular weight is 539 g/mol. The zero-order chi connectivity index (χ0) is 26.1. The van der Waals surface area contributed by atoms with Gasteiger partial charge in [0.05, 0.1) is 26.9 Å². The summed E-state index contributed by atoms with van der Waals surface area (Å²) >= 11 is 0. The normalized spacial score (nSPS) is 13.7. The van der Waals surface area contributed by atoms with Crippen LogP contribution < -0.4 is 4.72 Å². The number of aliphatic hydroxyl groups is 1. The number of alkyl halides is 3. The van der Waals surface area contributed by atoms with Crippen LogP contribution in [-0.2, 0) is 32.5 Å². The molecule has 12 heteroatoms. The van der Waals surface area contributed by atoms with Crippen LogP contribution >= 0.6 is 0 Å². The summed E-state index contributed by atoms with van der Waals surface area (Å²) in [5.41, 5.74) is -0.111. The highest BCUT2D eigenvalue weighted by Crippen LogP contribution is 2.36. The number of sulfone groups is 1. The lowest BCUT2D eigenvalue weighted by Crippen LogP contribution is -2.39. The van der Waals surface area contributed by atoms with E-state index in [1.807, 2.05) is 0 Å². The molecule has 0 radical (unpaired) electrons. The molecule has 0 unspecified atom stereocenters. The molecule has 36 heavy (non-hydrogen) atoms. The molecule has 0 aliphatic carbocycles. The third kappa shape index (κ3) is 5.16. The van der Waals surface area contributed by atoms with E-state index in [0.717, 1.165) is 17.0 Å². The van der Waals surface area contributed by atoms with Gasteiger partial charge >= 0.3 is 6.18 Å². The second-order valence-electron chi connectivity index (χ2n) is 8.04. The van der Waals surface area contributed by atoms with Gasteiger partial charge in [0, 0.05) is 23.1 Å². The van der Waals surface area contributed by atoms with Crippen LogP contribution in [0.2, 0.25) is 0 Å². The Morgan fingerprint density at radius 3 is 2.22 bits per heavy atom. The van der Waals surface area contributed by atoms with Gasteiger partial charge in [0.2, 0.25) is 19.9 Å². The molecule has 1 aromatic heterocycles. The summed E-state index contributed by atoms with van der Waals surface area (Å²) in [6.45, 7) is -0.706. The topological polar surface area (TPSA) is 116 Å². The first-order chi connectivity index (χ1) is 16.9. The number of aromatic nitrogens is 1. The minimum atomic E-state index is -5.08. The zero-order valence-electron chi connectivity index (χ0n) is 18.5. The molecule has 0 saturated carbocycles. The van der Waals surface area contributed by atoms with E-state index in [9.17, 15) is 35.1 Å². The molecule has 7 nitrogen and oxygen atoms in total. The van der Waals surface area contributed by atoms with Crippen molar-refractivity contribution < 1.29 is 35.1 Å². The molecule has 0 fully saturated rings. The van der Waals surface area contributed by atoms with Crippen LogP contribution in [0.15, 0.2) is 93.7 Å². The number of hydrogen-bond acceptors (Lipinski definition) is 5. The molecule has 4 aromatic rings. The van der Waals surface area contributed by atoms with Gasteiger partial charge in [-0.1, -0.05) is 36.4 Å². The van der Waals surface area contributed by atoms with Crippen molar-refractivity contribution in [3.8, 4) is 0 Å². The van der Waals surface area contributed by atoms with Gasteiger partial charge in [0.15, 0.2) is 0 Å². The van der Waals surface area contributed by atoms with E-state index >= 15 is 0 Å². The molecule has 3 aromatic carbocycles. The summed E-state index contributed by atoms with van der Waals surface area (Å²) in [6, 6.07) is 14.6. The molecule has 0 amide bonds. The smallest absolute Gasteiger partial charge is 0.395 e. The maximum absolute atomic E-state index is 13.7. The lowest BCUT2D eigenvalue weighted by Gasteiger charge is -2.19. The third-order valence-electron chi connectivity index (χ3n) is 5.60. The number of rotatable bonds is 8. The Kier molecular flexibility index (Phi) is 6.97. The predicted octanol–water partition coefficient (Wildman–Crippen LogP) is 3.90. The highest BCUT2D eigenvalue weighted by molar-refractivity contribution is 7.91. The van der Waals surface area contributed by atoms with Crippen LogP contribution in [-0.4, -0.2) is 39.6 Å². The van der Waals surface area contributed by atoms with Crippen LogP contribution in [0, 0.1) is 0 Å². The number of halogens is 3. The first kappa shape index (κ1) is 25.9. The summed E-state index contributed by atoms with van der Waals surface area (Å²) in [7, 11) is -9.21. The van der Waals surface area contributed by atoms with Crippen LogP contribution in [0.5, 0.6) is 0 Å². The fourth-order valence-electron chi connectivity index (χ4n) is 3.85. The Bertz CT molecular complexity index is 1600. The van der Waals surface area contributed by atoms with E-state index in [-0.39, 0.29) is 11.3 Å². The van der Waals surface area contributed by atoms with Crippen molar-refractivity contribution in [2.24, 2.45) is 0 Å². The fraction of sp³-hybridized carbons (Fsp3) is 0.167. The highest BCUT2D eigenvalue weighted by atomic mass is 32.2. The molecule has 1 atom stereocenters. The van der Waals surface area contributed by atoms with Crippen molar-refractivity contribution >= 4 is 30.8 Å². The second kappa shape index (κ2) is 9.69. The van der Waals surface area contributed by atoms with Gasteiger partial charge < -0.3 is 10.1 Å². The molecule has 1 heterocycles. The van der Waals surface area contributed by atoms with Gasteiger partial charge in [-0.05, 0) is 48.4 Å². The van der Waals surface area contributed by atoms with Gasteiger partial charge in [-0.3, -0.25) is 0 Å². The lowest BCUT2D eigenvalue weighted by molar-refractivity contribution is -0.139. The second-order valence-corrected chi connectivity index (χ2v) is 11.7. The summed E-state index contributed by atoms with van der Waals surface area (Å²) in [6.07, 6.45) is -3.48. The number of aliphatic hydroxyl groups excluding tert-OH is 1. The Morgan fingerprint density at radius 1 is 0.889 bits per heavy atom. The van der Waals surface area contributed by atoms with Crippen molar-refractivity contribution in [1.29, 1.82) is 0 Å². The van der Waals surface area contributed by atoms with Crippen molar-refractivity contribution in [2.75, 3.05) is 6.61 Å². The molecule has 0 bridgehead atoms. The van der Waals surface area contributed by atoms with E-state index in [2.05, 4.69) is 9.71 Å². The van der Waals surface area contributed by atoms with Gasteiger partial charge in [-0.2, -0.15) is 13.2 Å². The molecule has 3 N–H and O–H groups in total. The Morgan fingerprint density at radius 2 is 1.56 bits per heavy atom. The maximum Gasteiger partial charge on any atom is 0.417 e. The Balaban J connectivity index is 1.73. The number of H-pyrrole nitrogens is 1. The standard InChI is InChI=1S/C24H21F3N2O5S2/c25-24(26,27)21-11-10-19(35(31,32)18-6-2-1-3-7-18)13-23(21)36(33,34)29-17(15-30)12-16-14-28-22-9-5-4-8-20(16)22/h1-11,13-14,17,28-30H,12,15H2/t17-/m0/s1. The SMILES string of the molecule is O=S(=O)(N[C@H](CO)Cc1c[nH]c2ccccc12)c1cc(S(=O)(=O)c2ccccc2)ccc1C(F)(F)F. The zero-order valence-corrected chi connectivity index (χ0v) is 20.2. The molecule has 0 spiro atoms. The number of para-hydroxylation sites is 1. The largest absolute Gasteiger partial charge is 0.417 e. The number of hydrogen-bond donors (Lipinski definition) is 3. The predicted molar refractivity (Wildman–Crippen MR) is 127 cm³/mol. The Labute approximate surface area is 205 Å². The average Bonchev–Trinajstić information content (AvgIpc) is 3.26. The Hall–Kier alpha value is -3.19. The van der Waals surface area contributed by atoms with E-state index < -0.39 is 54.0 Å². The van der Waals surface area contributed by atoms with Gasteiger partial charge in [-0.15, -0.1) is 0 Å². The molecule has 0 saturated heterocycles. The van der Waals surface area contributed by atoms with Crippen LogP contribution in [0.1, 0.15) is 11.1 Å².